The van der Waals surface area contributed by atoms with Gasteiger partial charge in [0.1, 0.15) is 18.2 Å². The Morgan fingerprint density at radius 2 is 1.93 bits per heavy atom. The number of esters is 1. The van der Waals surface area contributed by atoms with Gasteiger partial charge >= 0.3 is 5.97 Å². The number of aryl methyl sites for hydroxylation is 1. The smallest absolute Gasteiger partial charge is 0.309 e. The summed E-state index contributed by atoms with van der Waals surface area (Å²) < 4.78 is 31.7. The Morgan fingerprint density at radius 1 is 1.29 bits per heavy atom. The Morgan fingerprint density at radius 3 is 2.50 bits per heavy atom. The molecule has 1 aliphatic heterocycles. The van der Waals surface area contributed by atoms with Gasteiger partial charge in [0.2, 0.25) is 10.0 Å². The summed E-state index contributed by atoms with van der Waals surface area (Å²) in [6, 6.07) is 11.5. The van der Waals surface area contributed by atoms with E-state index in [9.17, 15) is 18.5 Å². The van der Waals surface area contributed by atoms with Gasteiger partial charge in [-0.25, -0.2) is 17.4 Å². The van der Waals surface area contributed by atoms with Crippen molar-refractivity contribution in [2.24, 2.45) is 5.92 Å². The van der Waals surface area contributed by atoms with Crippen LogP contribution in [0.25, 0.3) is 5.69 Å². The molecule has 1 fully saturated rings. The Balaban J connectivity index is 1.71. The number of sulfonamides is 1. The van der Waals surface area contributed by atoms with Crippen LogP contribution < -0.4 is 0 Å². The summed E-state index contributed by atoms with van der Waals surface area (Å²) in [7, 11) is -3.24. The molecule has 2 heterocycles. The molecule has 0 aliphatic carbocycles. The van der Waals surface area contributed by atoms with Gasteiger partial charge in [-0.05, 0) is 31.9 Å². The topological polar surface area (TPSA) is 105 Å². The number of benzene rings is 1. The van der Waals surface area contributed by atoms with Crippen molar-refractivity contribution in [3.63, 3.8) is 0 Å². The molecule has 1 saturated heterocycles. The zero-order chi connectivity index (χ0) is 20.3. The van der Waals surface area contributed by atoms with Crippen molar-refractivity contribution in [2.45, 2.75) is 26.4 Å². The van der Waals surface area contributed by atoms with Crippen molar-refractivity contribution in [3.05, 3.63) is 47.3 Å². The molecule has 3 rings (SSSR count). The maximum atomic E-state index is 12.5. The standard InChI is InChI=1S/C19H22N4O4S/c1-14-17(12-20)18(23(21-14)16-6-4-3-5-7-16)13-27-19(24)15-8-10-22(11-9-15)28(2,25)26/h3-7,15H,8-11,13H2,1-2H3. The number of nitrogens with zero attached hydrogens (tertiary/aromatic N) is 4. The van der Waals surface area contributed by atoms with Crippen molar-refractivity contribution in [3.8, 4) is 11.8 Å². The third-order valence-corrected chi connectivity index (χ3v) is 6.18. The number of aromatic nitrogens is 2. The Hall–Kier alpha value is -2.70. The van der Waals surface area contributed by atoms with E-state index in [1.165, 1.54) is 10.6 Å². The average Bonchev–Trinajstić information content (AvgIpc) is 3.01. The van der Waals surface area contributed by atoms with E-state index in [2.05, 4.69) is 11.2 Å². The van der Waals surface area contributed by atoms with Crippen LogP contribution in [0.3, 0.4) is 0 Å². The highest BCUT2D eigenvalue weighted by atomic mass is 32.2. The summed E-state index contributed by atoms with van der Waals surface area (Å²) in [4.78, 5) is 12.5. The van der Waals surface area contributed by atoms with Gasteiger partial charge in [0, 0.05) is 13.1 Å². The fourth-order valence-corrected chi connectivity index (χ4v) is 4.19. The van der Waals surface area contributed by atoms with Gasteiger partial charge in [-0.2, -0.15) is 10.4 Å². The van der Waals surface area contributed by atoms with Gasteiger partial charge in [-0.3, -0.25) is 4.79 Å². The molecule has 0 spiro atoms. The third kappa shape index (κ3) is 4.24. The molecule has 1 aliphatic rings. The first-order valence-electron chi connectivity index (χ1n) is 8.97. The van der Waals surface area contributed by atoms with E-state index in [1.807, 2.05) is 30.3 Å². The summed E-state index contributed by atoms with van der Waals surface area (Å²) in [6.45, 7) is 2.29. The molecule has 28 heavy (non-hydrogen) atoms. The zero-order valence-electron chi connectivity index (χ0n) is 15.8. The Labute approximate surface area is 164 Å². The van der Waals surface area contributed by atoms with Gasteiger partial charge in [0.25, 0.3) is 0 Å². The van der Waals surface area contributed by atoms with E-state index >= 15 is 0 Å². The maximum Gasteiger partial charge on any atom is 0.309 e. The quantitative estimate of drug-likeness (QED) is 0.706. The number of hydrogen-bond acceptors (Lipinski definition) is 6. The monoisotopic (exact) mass is 402 g/mol. The first-order chi connectivity index (χ1) is 13.3. The second-order valence-corrected chi connectivity index (χ2v) is 8.79. The Bertz CT molecular complexity index is 1000. The van der Waals surface area contributed by atoms with Gasteiger partial charge in [-0.1, -0.05) is 18.2 Å². The first-order valence-corrected chi connectivity index (χ1v) is 10.8. The summed E-state index contributed by atoms with van der Waals surface area (Å²) in [5, 5.41) is 13.9. The minimum Gasteiger partial charge on any atom is -0.459 e. The molecule has 2 aromatic rings. The Kier molecular flexibility index (Phi) is 5.82. The number of ether oxygens (including phenoxy) is 1. The molecular formula is C19H22N4O4S. The zero-order valence-corrected chi connectivity index (χ0v) is 16.6. The highest BCUT2D eigenvalue weighted by molar-refractivity contribution is 7.88. The molecule has 1 aromatic heterocycles. The van der Waals surface area contributed by atoms with Crippen LogP contribution in [0.2, 0.25) is 0 Å². The molecule has 0 unspecified atom stereocenters. The van der Waals surface area contributed by atoms with Crippen molar-refractivity contribution in [1.29, 1.82) is 5.26 Å². The number of carbonyl (C=O) groups excluding carboxylic acids is 1. The van der Waals surface area contributed by atoms with Crippen molar-refractivity contribution in [2.75, 3.05) is 19.3 Å². The molecule has 0 bridgehead atoms. The van der Waals surface area contributed by atoms with E-state index in [0.29, 0.717) is 42.9 Å². The number of rotatable bonds is 5. The highest BCUT2D eigenvalue weighted by Crippen LogP contribution is 2.23. The molecule has 0 saturated carbocycles. The van der Waals surface area contributed by atoms with Crippen LogP contribution in [0.1, 0.15) is 29.8 Å². The molecule has 0 atom stereocenters. The molecule has 148 valence electrons. The van der Waals surface area contributed by atoms with Crippen molar-refractivity contribution < 1.29 is 17.9 Å². The lowest BCUT2D eigenvalue weighted by atomic mass is 9.98. The van der Waals surface area contributed by atoms with Crippen molar-refractivity contribution in [1.82, 2.24) is 14.1 Å². The number of carbonyl (C=O) groups is 1. The molecule has 1 aromatic carbocycles. The van der Waals surface area contributed by atoms with Crippen LogP contribution in [0.4, 0.5) is 0 Å². The molecular weight excluding hydrogens is 380 g/mol. The third-order valence-electron chi connectivity index (χ3n) is 4.88. The van der Waals surface area contributed by atoms with Gasteiger partial charge in [-0.15, -0.1) is 0 Å². The van der Waals surface area contributed by atoms with Gasteiger partial charge in [0.15, 0.2) is 0 Å². The number of nitriles is 1. The summed E-state index contributed by atoms with van der Waals surface area (Å²) in [5.74, 6) is -0.728. The molecule has 8 nitrogen and oxygen atoms in total. The molecule has 9 heteroatoms. The van der Waals surface area contributed by atoms with Crippen molar-refractivity contribution >= 4 is 16.0 Å². The van der Waals surface area contributed by atoms with Crippen LogP contribution in [0.15, 0.2) is 30.3 Å². The minimum atomic E-state index is -3.24. The average molecular weight is 402 g/mol. The van der Waals surface area contributed by atoms with Crippen LogP contribution in [-0.4, -0.2) is 47.8 Å². The maximum absolute atomic E-state index is 12.5. The van der Waals surface area contributed by atoms with E-state index in [0.717, 1.165) is 5.69 Å². The fraction of sp³-hybridized carbons (Fsp3) is 0.421. The second-order valence-electron chi connectivity index (χ2n) is 6.81. The van der Waals surface area contributed by atoms with Crippen LogP contribution >= 0.6 is 0 Å². The largest absolute Gasteiger partial charge is 0.459 e. The van der Waals surface area contributed by atoms with Crippen LogP contribution in [-0.2, 0) is 26.2 Å². The lowest BCUT2D eigenvalue weighted by Gasteiger charge is -2.28. The second kappa shape index (κ2) is 8.12. The van der Waals surface area contributed by atoms with Gasteiger partial charge < -0.3 is 4.74 Å². The van der Waals surface area contributed by atoms with Gasteiger partial charge in [0.05, 0.1) is 29.2 Å². The lowest BCUT2D eigenvalue weighted by Crippen LogP contribution is -2.40. The summed E-state index contributed by atoms with van der Waals surface area (Å²) in [6.07, 6.45) is 2.02. The SMILES string of the molecule is Cc1nn(-c2ccccc2)c(COC(=O)C2CCN(S(C)(=O)=O)CC2)c1C#N. The minimum absolute atomic E-state index is 0.0657. The molecule has 0 N–H and O–H groups in total. The van der Waals surface area contributed by atoms with E-state index in [1.54, 1.807) is 11.6 Å². The molecule has 0 radical (unpaired) electrons. The van der Waals surface area contributed by atoms with Crippen LogP contribution in [0.5, 0.6) is 0 Å². The predicted molar refractivity (Wildman–Crippen MR) is 102 cm³/mol. The predicted octanol–water partition coefficient (Wildman–Crippen LogP) is 1.77. The number of hydrogen-bond donors (Lipinski definition) is 0. The first kappa shape index (κ1) is 20.0. The number of piperidine rings is 1. The van der Waals surface area contributed by atoms with E-state index < -0.39 is 10.0 Å². The number of para-hydroxylation sites is 1. The van der Waals surface area contributed by atoms with Crippen LogP contribution in [0, 0.1) is 24.2 Å². The summed E-state index contributed by atoms with van der Waals surface area (Å²) in [5.41, 5.74) is 2.26. The summed E-state index contributed by atoms with van der Waals surface area (Å²) >= 11 is 0. The fourth-order valence-electron chi connectivity index (χ4n) is 3.32. The van der Waals surface area contributed by atoms with E-state index in [-0.39, 0.29) is 18.5 Å². The normalized spacial score (nSPS) is 15.9. The van der Waals surface area contributed by atoms with E-state index in [4.69, 9.17) is 4.74 Å². The highest BCUT2D eigenvalue weighted by Gasteiger charge is 2.30. The lowest BCUT2D eigenvalue weighted by molar-refractivity contribution is -0.151. The molecule has 0 amide bonds.